The lowest BCUT2D eigenvalue weighted by Gasteiger charge is -2.32. The molecule has 0 saturated carbocycles. The van der Waals surface area contributed by atoms with Gasteiger partial charge in [0.05, 0.1) is 24.2 Å². The molecule has 2 aliphatic heterocycles. The fourth-order valence-corrected chi connectivity index (χ4v) is 3.11. The van der Waals surface area contributed by atoms with Gasteiger partial charge >= 0.3 is 13.1 Å². The van der Waals surface area contributed by atoms with Crippen molar-refractivity contribution in [3.05, 3.63) is 12.4 Å². The lowest BCUT2D eigenvalue weighted by atomic mass is 9.81. The Kier molecular flexibility index (Phi) is 4.77. The molecule has 1 aromatic heterocycles. The van der Waals surface area contributed by atoms with Gasteiger partial charge in [0.25, 0.3) is 0 Å². The summed E-state index contributed by atoms with van der Waals surface area (Å²) in [6.07, 6.45) is 5.25. The number of piperidine rings is 1. The third kappa shape index (κ3) is 3.50. The minimum absolute atomic E-state index is 0.120. The van der Waals surface area contributed by atoms with Gasteiger partial charge in [-0.2, -0.15) is 0 Å². The third-order valence-corrected chi connectivity index (χ3v) is 5.42. The maximum atomic E-state index is 11.8. The predicted octanol–water partition coefficient (Wildman–Crippen LogP) is 1.17. The van der Waals surface area contributed by atoms with Crippen LogP contribution in [0.2, 0.25) is 0 Å². The summed E-state index contributed by atoms with van der Waals surface area (Å²) in [4.78, 5) is 22.7. The van der Waals surface area contributed by atoms with Crippen LogP contribution in [0.1, 0.15) is 40.5 Å². The third-order valence-electron chi connectivity index (χ3n) is 5.42. The van der Waals surface area contributed by atoms with E-state index in [4.69, 9.17) is 14.0 Å². The summed E-state index contributed by atoms with van der Waals surface area (Å²) in [5, 5.41) is 0. The van der Waals surface area contributed by atoms with Crippen molar-refractivity contribution >= 4 is 24.5 Å². The van der Waals surface area contributed by atoms with E-state index in [0.29, 0.717) is 12.5 Å². The molecule has 0 bridgehead atoms. The highest BCUT2D eigenvalue weighted by molar-refractivity contribution is 6.61. The van der Waals surface area contributed by atoms with Crippen LogP contribution < -0.4 is 10.4 Å². The fraction of sp³-hybridized carbons (Fsp3) is 0.706. The number of nitrogens with zero attached hydrogens (tertiary/aromatic N) is 3. The zero-order valence-electron chi connectivity index (χ0n) is 15.6. The molecule has 2 aliphatic rings. The van der Waals surface area contributed by atoms with Gasteiger partial charge in [-0.3, -0.25) is 4.79 Å². The summed E-state index contributed by atoms with van der Waals surface area (Å²) in [7, 11) is 0.958. The Hall–Kier alpha value is -1.67. The number of carbonyl (C=O) groups is 1. The zero-order valence-corrected chi connectivity index (χ0v) is 15.6. The summed E-state index contributed by atoms with van der Waals surface area (Å²) in [6, 6.07) is 0. The largest absolute Gasteiger partial charge is 0.498 e. The van der Waals surface area contributed by atoms with Crippen LogP contribution in [-0.4, -0.2) is 54.5 Å². The highest BCUT2D eigenvalue weighted by Crippen LogP contribution is 2.36. The van der Waals surface area contributed by atoms with Crippen molar-refractivity contribution in [1.82, 2.24) is 9.97 Å². The van der Waals surface area contributed by atoms with Crippen LogP contribution in [0.4, 0.5) is 5.95 Å². The smallest absolute Gasteiger partial charge is 0.469 e. The first kappa shape index (κ1) is 18.1. The molecule has 25 heavy (non-hydrogen) atoms. The topological polar surface area (TPSA) is 73.8 Å². The number of carbonyl (C=O) groups excluding carboxylic acids is 1. The molecular weight excluding hydrogens is 321 g/mol. The fourth-order valence-electron chi connectivity index (χ4n) is 3.11. The first-order chi connectivity index (χ1) is 11.7. The monoisotopic (exact) mass is 347 g/mol. The number of esters is 1. The van der Waals surface area contributed by atoms with Gasteiger partial charge in [0.15, 0.2) is 0 Å². The second kappa shape index (κ2) is 6.57. The van der Waals surface area contributed by atoms with Crippen LogP contribution in [0.15, 0.2) is 12.4 Å². The molecule has 136 valence electrons. The Morgan fingerprint density at radius 1 is 1.24 bits per heavy atom. The predicted molar refractivity (Wildman–Crippen MR) is 94.7 cm³/mol. The summed E-state index contributed by atoms with van der Waals surface area (Å²) in [5.41, 5.74) is 0.0115. The Balaban J connectivity index is 1.70. The van der Waals surface area contributed by atoms with Gasteiger partial charge in [-0.1, -0.05) is 0 Å². The Bertz CT molecular complexity index is 619. The number of anilines is 1. The molecule has 0 aromatic carbocycles. The number of methoxy groups -OCH3 is 1. The molecule has 2 fully saturated rings. The normalized spacial score (nSPS) is 25.1. The van der Waals surface area contributed by atoms with Crippen molar-refractivity contribution in [2.24, 2.45) is 5.92 Å². The Labute approximate surface area is 149 Å². The van der Waals surface area contributed by atoms with Gasteiger partial charge in [-0.15, -0.1) is 0 Å². The quantitative estimate of drug-likeness (QED) is 0.600. The molecule has 8 heteroatoms. The van der Waals surface area contributed by atoms with Crippen LogP contribution >= 0.6 is 0 Å². The van der Waals surface area contributed by atoms with E-state index in [2.05, 4.69) is 9.97 Å². The van der Waals surface area contributed by atoms with Crippen LogP contribution in [0, 0.1) is 5.92 Å². The summed E-state index contributed by atoms with van der Waals surface area (Å²) in [6.45, 7) is 9.49. The SMILES string of the molecule is COC(=O)C1CCCN(c2ncc(B3OC(C)(C)C(C)(C)O3)cn2)C1. The molecule has 7 nitrogen and oxygen atoms in total. The summed E-state index contributed by atoms with van der Waals surface area (Å²) < 4.78 is 16.9. The van der Waals surface area contributed by atoms with E-state index >= 15 is 0 Å². The van der Waals surface area contributed by atoms with Crippen LogP contribution in [0.25, 0.3) is 0 Å². The van der Waals surface area contributed by atoms with E-state index in [9.17, 15) is 4.79 Å². The molecule has 2 saturated heterocycles. The second-order valence-electron chi connectivity index (χ2n) is 7.71. The minimum atomic E-state index is -0.469. The van der Waals surface area contributed by atoms with Crippen molar-refractivity contribution in [3.8, 4) is 0 Å². The molecule has 0 aliphatic carbocycles. The van der Waals surface area contributed by atoms with Crippen molar-refractivity contribution in [2.75, 3.05) is 25.1 Å². The average molecular weight is 347 g/mol. The number of rotatable bonds is 3. The van der Waals surface area contributed by atoms with Gasteiger partial charge in [0, 0.05) is 30.9 Å². The molecule has 0 N–H and O–H groups in total. The number of aromatic nitrogens is 2. The molecule has 1 atom stereocenters. The van der Waals surface area contributed by atoms with Crippen LogP contribution in [0.3, 0.4) is 0 Å². The molecular formula is C17H26BN3O4. The maximum absolute atomic E-state index is 11.8. The van der Waals surface area contributed by atoms with E-state index in [1.165, 1.54) is 7.11 Å². The number of ether oxygens (including phenoxy) is 1. The van der Waals surface area contributed by atoms with E-state index in [1.54, 1.807) is 12.4 Å². The lowest BCUT2D eigenvalue weighted by Crippen LogP contribution is -2.41. The molecule has 0 radical (unpaired) electrons. The van der Waals surface area contributed by atoms with Crippen LogP contribution in [0.5, 0.6) is 0 Å². The average Bonchev–Trinajstić information content (AvgIpc) is 2.82. The van der Waals surface area contributed by atoms with Crippen molar-refractivity contribution < 1.29 is 18.8 Å². The minimum Gasteiger partial charge on any atom is -0.469 e. The lowest BCUT2D eigenvalue weighted by molar-refractivity contribution is -0.145. The molecule has 0 spiro atoms. The summed E-state index contributed by atoms with van der Waals surface area (Å²) >= 11 is 0. The Morgan fingerprint density at radius 3 is 2.40 bits per heavy atom. The van der Waals surface area contributed by atoms with Gasteiger partial charge in [-0.05, 0) is 40.5 Å². The standard InChI is InChI=1S/C17H26BN3O4/c1-16(2)17(3,4)25-18(24-16)13-9-19-15(20-10-13)21-8-6-7-12(11-21)14(22)23-5/h9-10,12H,6-8,11H2,1-5H3. The molecule has 3 rings (SSSR count). The number of hydrogen-bond donors (Lipinski definition) is 0. The second-order valence-corrected chi connectivity index (χ2v) is 7.71. The van der Waals surface area contributed by atoms with Gasteiger partial charge in [-0.25, -0.2) is 9.97 Å². The Morgan fingerprint density at radius 2 is 1.84 bits per heavy atom. The van der Waals surface area contributed by atoms with Gasteiger partial charge < -0.3 is 18.9 Å². The van der Waals surface area contributed by atoms with E-state index in [1.807, 2.05) is 32.6 Å². The first-order valence-corrected chi connectivity index (χ1v) is 8.74. The van der Waals surface area contributed by atoms with Gasteiger partial charge in [0.1, 0.15) is 0 Å². The molecule has 0 amide bonds. The van der Waals surface area contributed by atoms with E-state index in [0.717, 1.165) is 24.8 Å². The molecule has 1 aromatic rings. The molecule has 1 unspecified atom stereocenters. The highest BCUT2D eigenvalue weighted by atomic mass is 16.7. The summed E-state index contributed by atoms with van der Waals surface area (Å²) in [5.74, 6) is 0.331. The first-order valence-electron chi connectivity index (χ1n) is 8.74. The zero-order chi connectivity index (χ0) is 18.2. The number of hydrogen-bond acceptors (Lipinski definition) is 7. The van der Waals surface area contributed by atoms with Crippen LogP contribution in [-0.2, 0) is 18.8 Å². The van der Waals surface area contributed by atoms with E-state index < -0.39 is 18.3 Å². The molecule has 3 heterocycles. The highest BCUT2D eigenvalue weighted by Gasteiger charge is 2.52. The van der Waals surface area contributed by atoms with Crippen molar-refractivity contribution in [1.29, 1.82) is 0 Å². The van der Waals surface area contributed by atoms with Crippen molar-refractivity contribution in [2.45, 2.75) is 51.7 Å². The van der Waals surface area contributed by atoms with Gasteiger partial charge in [0.2, 0.25) is 5.95 Å². The van der Waals surface area contributed by atoms with E-state index in [-0.39, 0.29) is 11.9 Å². The van der Waals surface area contributed by atoms with Crippen molar-refractivity contribution in [3.63, 3.8) is 0 Å². The maximum Gasteiger partial charge on any atom is 0.498 e.